The number of carbonyl (C=O) groups is 1. The largest absolute Gasteiger partial charge is 0.289 e. The van der Waals surface area contributed by atoms with Gasteiger partial charge in [0.15, 0.2) is 5.78 Å². The summed E-state index contributed by atoms with van der Waals surface area (Å²) in [4.78, 5) is 12.6. The molecule has 0 atom stereocenters. The van der Waals surface area contributed by atoms with Gasteiger partial charge in [0.05, 0.1) is 0 Å². The summed E-state index contributed by atoms with van der Waals surface area (Å²) in [7, 11) is 0. The lowest BCUT2D eigenvalue weighted by atomic mass is 9.94. The Morgan fingerprint density at radius 1 is 0.640 bits per heavy atom. The van der Waals surface area contributed by atoms with Crippen LogP contribution < -0.4 is 0 Å². The standard InChI is InChI=1S/C24H18O/c1-17-7-5-10-19-11-6-12-22(23(17)19)18-13-15-21(16-14-18)24(25)20-8-3-2-4-9-20/h2-16H,1H3. The first-order valence-electron chi connectivity index (χ1n) is 8.42. The van der Waals surface area contributed by atoms with Crippen LogP contribution in [-0.2, 0) is 0 Å². The van der Waals surface area contributed by atoms with Crippen LogP contribution in [0.4, 0.5) is 0 Å². The van der Waals surface area contributed by atoms with Gasteiger partial charge in [0.25, 0.3) is 0 Å². The van der Waals surface area contributed by atoms with E-state index >= 15 is 0 Å². The number of hydrogen-bond acceptors (Lipinski definition) is 1. The summed E-state index contributed by atoms with van der Waals surface area (Å²) in [5, 5.41) is 2.51. The van der Waals surface area contributed by atoms with E-state index in [1.807, 2.05) is 54.6 Å². The zero-order chi connectivity index (χ0) is 17.2. The molecule has 0 unspecified atom stereocenters. The van der Waals surface area contributed by atoms with Crippen LogP contribution in [0.25, 0.3) is 21.9 Å². The Kier molecular flexibility index (Phi) is 3.91. The average molecular weight is 322 g/mol. The van der Waals surface area contributed by atoms with E-state index in [0.29, 0.717) is 5.56 Å². The van der Waals surface area contributed by atoms with Gasteiger partial charge in [0.2, 0.25) is 0 Å². The van der Waals surface area contributed by atoms with Gasteiger partial charge in [-0.2, -0.15) is 0 Å². The number of aryl methyl sites for hydroxylation is 1. The minimum atomic E-state index is 0.0567. The smallest absolute Gasteiger partial charge is 0.193 e. The number of carbonyl (C=O) groups excluding carboxylic acids is 1. The Morgan fingerprint density at radius 2 is 1.28 bits per heavy atom. The van der Waals surface area contributed by atoms with Gasteiger partial charge < -0.3 is 0 Å². The molecule has 1 nitrogen and oxygen atoms in total. The monoisotopic (exact) mass is 322 g/mol. The minimum absolute atomic E-state index is 0.0567. The van der Waals surface area contributed by atoms with Crippen LogP contribution in [0.2, 0.25) is 0 Å². The third-order valence-corrected chi connectivity index (χ3v) is 4.61. The van der Waals surface area contributed by atoms with Crippen LogP contribution in [0, 0.1) is 6.92 Å². The molecule has 4 rings (SSSR count). The van der Waals surface area contributed by atoms with Crippen LogP contribution >= 0.6 is 0 Å². The third-order valence-electron chi connectivity index (χ3n) is 4.61. The van der Waals surface area contributed by atoms with Crippen LogP contribution in [0.1, 0.15) is 21.5 Å². The molecular formula is C24H18O. The molecular weight excluding hydrogens is 304 g/mol. The summed E-state index contributed by atoms with van der Waals surface area (Å²) < 4.78 is 0. The lowest BCUT2D eigenvalue weighted by Crippen LogP contribution is -2.00. The minimum Gasteiger partial charge on any atom is -0.289 e. The van der Waals surface area contributed by atoms with E-state index in [2.05, 4.69) is 43.3 Å². The van der Waals surface area contributed by atoms with Crippen LogP contribution in [0.5, 0.6) is 0 Å². The van der Waals surface area contributed by atoms with E-state index in [-0.39, 0.29) is 5.78 Å². The predicted octanol–water partition coefficient (Wildman–Crippen LogP) is 6.05. The molecule has 120 valence electrons. The normalized spacial score (nSPS) is 10.8. The van der Waals surface area contributed by atoms with Crippen molar-refractivity contribution in [3.8, 4) is 11.1 Å². The summed E-state index contributed by atoms with van der Waals surface area (Å²) in [5.74, 6) is 0.0567. The van der Waals surface area contributed by atoms with Gasteiger partial charge in [-0.3, -0.25) is 4.79 Å². The highest BCUT2D eigenvalue weighted by atomic mass is 16.1. The summed E-state index contributed by atoms with van der Waals surface area (Å²) in [6, 6.07) is 30.0. The molecule has 0 heterocycles. The summed E-state index contributed by atoms with van der Waals surface area (Å²) >= 11 is 0. The first-order valence-corrected chi connectivity index (χ1v) is 8.42. The molecule has 0 saturated carbocycles. The summed E-state index contributed by atoms with van der Waals surface area (Å²) in [5.41, 5.74) is 5.03. The zero-order valence-electron chi connectivity index (χ0n) is 14.1. The van der Waals surface area contributed by atoms with Crippen LogP contribution in [0.15, 0.2) is 91.0 Å². The molecule has 0 amide bonds. The van der Waals surface area contributed by atoms with Gasteiger partial charge in [-0.25, -0.2) is 0 Å². The SMILES string of the molecule is Cc1cccc2cccc(-c3ccc(C(=O)c4ccccc4)cc3)c12. The van der Waals surface area contributed by atoms with E-state index in [4.69, 9.17) is 0 Å². The third kappa shape index (κ3) is 2.85. The van der Waals surface area contributed by atoms with E-state index in [0.717, 1.165) is 11.1 Å². The molecule has 0 aliphatic rings. The van der Waals surface area contributed by atoms with Gasteiger partial charge in [-0.15, -0.1) is 0 Å². The lowest BCUT2D eigenvalue weighted by Gasteiger charge is -2.10. The van der Waals surface area contributed by atoms with Crippen molar-refractivity contribution in [1.82, 2.24) is 0 Å². The Morgan fingerprint density at radius 3 is 2.00 bits per heavy atom. The fourth-order valence-corrected chi connectivity index (χ4v) is 3.33. The fourth-order valence-electron chi connectivity index (χ4n) is 3.33. The van der Waals surface area contributed by atoms with Crippen molar-refractivity contribution in [1.29, 1.82) is 0 Å². The van der Waals surface area contributed by atoms with Gasteiger partial charge in [-0.05, 0) is 34.4 Å². The molecule has 4 aromatic rings. The van der Waals surface area contributed by atoms with Crippen molar-refractivity contribution in [2.75, 3.05) is 0 Å². The van der Waals surface area contributed by atoms with Crippen molar-refractivity contribution in [3.63, 3.8) is 0 Å². The molecule has 1 heteroatoms. The topological polar surface area (TPSA) is 17.1 Å². The van der Waals surface area contributed by atoms with Gasteiger partial charge in [-0.1, -0.05) is 91.0 Å². The zero-order valence-corrected chi connectivity index (χ0v) is 14.1. The first-order chi connectivity index (χ1) is 12.2. The Balaban J connectivity index is 1.76. The van der Waals surface area contributed by atoms with Gasteiger partial charge in [0.1, 0.15) is 0 Å². The van der Waals surface area contributed by atoms with Crippen molar-refractivity contribution in [2.24, 2.45) is 0 Å². The summed E-state index contributed by atoms with van der Waals surface area (Å²) in [6.45, 7) is 2.14. The van der Waals surface area contributed by atoms with Crippen molar-refractivity contribution in [2.45, 2.75) is 6.92 Å². The molecule has 4 aromatic carbocycles. The molecule has 0 saturated heterocycles. The van der Waals surface area contributed by atoms with Crippen molar-refractivity contribution < 1.29 is 4.79 Å². The van der Waals surface area contributed by atoms with E-state index in [1.54, 1.807) is 0 Å². The maximum absolute atomic E-state index is 12.6. The highest BCUT2D eigenvalue weighted by Gasteiger charge is 2.10. The molecule has 0 N–H and O–H groups in total. The van der Waals surface area contributed by atoms with Gasteiger partial charge >= 0.3 is 0 Å². The molecule has 0 spiro atoms. The number of ketones is 1. The number of hydrogen-bond donors (Lipinski definition) is 0. The van der Waals surface area contributed by atoms with E-state index in [1.165, 1.54) is 21.9 Å². The summed E-state index contributed by atoms with van der Waals surface area (Å²) in [6.07, 6.45) is 0. The number of fused-ring (bicyclic) bond motifs is 1. The molecule has 0 aliphatic carbocycles. The molecule has 0 bridgehead atoms. The maximum Gasteiger partial charge on any atom is 0.193 e. The quantitative estimate of drug-likeness (QED) is 0.420. The number of benzene rings is 4. The average Bonchev–Trinajstić information content (AvgIpc) is 2.68. The van der Waals surface area contributed by atoms with E-state index < -0.39 is 0 Å². The Bertz CT molecular complexity index is 1040. The fraction of sp³-hybridized carbons (Fsp3) is 0.0417. The second-order valence-electron chi connectivity index (χ2n) is 6.25. The Hall–Kier alpha value is -3.19. The van der Waals surface area contributed by atoms with Crippen LogP contribution in [-0.4, -0.2) is 5.78 Å². The Labute approximate surface area is 147 Å². The molecule has 0 aliphatic heterocycles. The van der Waals surface area contributed by atoms with Crippen molar-refractivity contribution in [3.05, 3.63) is 108 Å². The lowest BCUT2D eigenvalue weighted by molar-refractivity contribution is 0.103. The highest BCUT2D eigenvalue weighted by Crippen LogP contribution is 2.31. The van der Waals surface area contributed by atoms with Crippen LogP contribution in [0.3, 0.4) is 0 Å². The van der Waals surface area contributed by atoms with E-state index in [9.17, 15) is 4.79 Å². The first kappa shape index (κ1) is 15.3. The molecule has 0 fully saturated rings. The highest BCUT2D eigenvalue weighted by molar-refractivity contribution is 6.09. The predicted molar refractivity (Wildman–Crippen MR) is 104 cm³/mol. The second-order valence-corrected chi connectivity index (χ2v) is 6.25. The van der Waals surface area contributed by atoms with Crippen molar-refractivity contribution >= 4 is 16.6 Å². The maximum atomic E-state index is 12.6. The molecule has 0 radical (unpaired) electrons. The second kappa shape index (κ2) is 6.37. The number of rotatable bonds is 3. The van der Waals surface area contributed by atoms with Gasteiger partial charge in [0, 0.05) is 11.1 Å². The molecule has 25 heavy (non-hydrogen) atoms. The molecule has 0 aromatic heterocycles.